The minimum atomic E-state index is -1.90. The lowest BCUT2D eigenvalue weighted by Crippen LogP contribution is -2.34. The van der Waals surface area contributed by atoms with Crippen LogP contribution < -0.4 is 0 Å². The molecule has 184 valence electrons. The maximum Gasteiger partial charge on any atom is 0.350 e. The Balaban J connectivity index is 3.91. The maximum absolute atomic E-state index is 12.1. The predicted molar refractivity (Wildman–Crippen MR) is 122 cm³/mol. The SMILES string of the molecule is CC(C)(C#N)N=NC(C)(C#N)C(=O)OCCOC(=O)CCSCCSCCC(=O)OCCO. The van der Waals surface area contributed by atoms with Gasteiger partial charge in [0.15, 0.2) is 5.54 Å². The largest absolute Gasteiger partial charge is 0.463 e. The number of aliphatic hydroxyl groups is 1. The van der Waals surface area contributed by atoms with Crippen LogP contribution in [0.3, 0.4) is 0 Å². The van der Waals surface area contributed by atoms with Gasteiger partial charge in [-0.05, 0) is 20.8 Å². The second kappa shape index (κ2) is 17.2. The molecule has 0 fully saturated rings. The Morgan fingerprint density at radius 2 is 1.33 bits per heavy atom. The topological polar surface area (TPSA) is 171 Å². The standard InChI is InChI=1S/C20H30N4O7S2/c1-19(2,14-21)23-24-20(3,15-22)18(28)31-9-8-30-17(27)5-11-33-13-12-32-10-4-16(26)29-7-6-25/h25H,4-13H2,1-3H3. The Hall–Kier alpha value is -2.35. The van der Waals surface area contributed by atoms with Crippen LogP contribution in [0.5, 0.6) is 0 Å². The van der Waals surface area contributed by atoms with E-state index in [2.05, 4.69) is 10.2 Å². The van der Waals surface area contributed by atoms with Crippen molar-refractivity contribution in [1.82, 2.24) is 0 Å². The van der Waals surface area contributed by atoms with Gasteiger partial charge in [-0.1, -0.05) is 0 Å². The van der Waals surface area contributed by atoms with Crippen molar-refractivity contribution in [3.63, 3.8) is 0 Å². The van der Waals surface area contributed by atoms with Gasteiger partial charge in [0.1, 0.15) is 25.9 Å². The molecule has 0 amide bonds. The van der Waals surface area contributed by atoms with Gasteiger partial charge in [-0.3, -0.25) is 9.59 Å². The Bertz CT molecular complexity index is 750. The highest BCUT2D eigenvalue weighted by Crippen LogP contribution is 2.17. The summed E-state index contributed by atoms with van der Waals surface area (Å²) in [6.45, 7) is 3.64. The van der Waals surface area contributed by atoms with Gasteiger partial charge in [-0.15, -0.1) is 0 Å². The van der Waals surface area contributed by atoms with Gasteiger partial charge in [0.2, 0.25) is 0 Å². The molecule has 0 radical (unpaired) electrons. The molecular weight excluding hydrogens is 472 g/mol. The summed E-state index contributed by atoms with van der Waals surface area (Å²) in [4.78, 5) is 35.0. The van der Waals surface area contributed by atoms with Crippen molar-refractivity contribution in [3.8, 4) is 12.1 Å². The van der Waals surface area contributed by atoms with E-state index >= 15 is 0 Å². The zero-order valence-corrected chi connectivity index (χ0v) is 20.7. The molecule has 0 aliphatic carbocycles. The highest BCUT2D eigenvalue weighted by molar-refractivity contribution is 8.02. The first-order valence-electron chi connectivity index (χ1n) is 10.1. The lowest BCUT2D eigenvalue weighted by molar-refractivity contribution is -0.154. The molecule has 1 unspecified atom stereocenters. The summed E-state index contributed by atoms with van der Waals surface area (Å²) in [6, 6.07) is 3.58. The van der Waals surface area contributed by atoms with Gasteiger partial charge in [-0.2, -0.15) is 44.3 Å². The van der Waals surface area contributed by atoms with E-state index in [0.717, 1.165) is 11.5 Å². The fraction of sp³-hybridized carbons (Fsp3) is 0.750. The number of azo groups is 1. The van der Waals surface area contributed by atoms with Crippen molar-refractivity contribution >= 4 is 41.4 Å². The van der Waals surface area contributed by atoms with Gasteiger partial charge in [-0.25, -0.2) is 4.79 Å². The van der Waals surface area contributed by atoms with E-state index in [1.54, 1.807) is 29.6 Å². The number of ether oxygens (including phenoxy) is 3. The van der Waals surface area contributed by atoms with Crippen LogP contribution in [0.15, 0.2) is 10.2 Å². The number of nitrogens with zero attached hydrogens (tertiary/aromatic N) is 4. The van der Waals surface area contributed by atoms with Crippen LogP contribution in [0.1, 0.15) is 33.6 Å². The highest BCUT2D eigenvalue weighted by atomic mass is 32.2. The smallest absolute Gasteiger partial charge is 0.350 e. The van der Waals surface area contributed by atoms with E-state index in [4.69, 9.17) is 24.6 Å². The molecule has 13 heteroatoms. The molecule has 0 saturated heterocycles. The van der Waals surface area contributed by atoms with Crippen molar-refractivity contribution in [3.05, 3.63) is 0 Å². The second-order valence-corrected chi connectivity index (χ2v) is 9.53. The van der Waals surface area contributed by atoms with E-state index < -0.39 is 23.0 Å². The molecule has 0 aliphatic heterocycles. The number of nitriles is 2. The monoisotopic (exact) mass is 502 g/mol. The Morgan fingerprint density at radius 1 is 0.818 bits per heavy atom. The molecule has 1 atom stereocenters. The molecule has 0 aromatic carbocycles. The molecule has 0 heterocycles. The Labute approximate surface area is 202 Å². The number of hydrogen-bond acceptors (Lipinski definition) is 13. The van der Waals surface area contributed by atoms with Gasteiger partial charge in [0.25, 0.3) is 5.54 Å². The number of esters is 3. The molecule has 0 spiro atoms. The fourth-order valence-electron chi connectivity index (χ4n) is 1.72. The summed E-state index contributed by atoms with van der Waals surface area (Å²) in [5, 5.41) is 34.0. The average molecular weight is 503 g/mol. The van der Waals surface area contributed by atoms with Crippen molar-refractivity contribution in [2.75, 3.05) is 49.4 Å². The summed E-state index contributed by atoms with van der Waals surface area (Å²) < 4.78 is 14.7. The van der Waals surface area contributed by atoms with E-state index in [9.17, 15) is 19.6 Å². The van der Waals surface area contributed by atoms with Crippen LogP contribution in [-0.2, 0) is 28.6 Å². The zero-order valence-electron chi connectivity index (χ0n) is 19.1. The van der Waals surface area contributed by atoms with Crippen LogP contribution in [0.2, 0.25) is 0 Å². The summed E-state index contributed by atoms with van der Waals surface area (Å²) in [7, 11) is 0. The van der Waals surface area contributed by atoms with E-state index in [-0.39, 0.29) is 38.8 Å². The molecule has 0 saturated carbocycles. The number of thioether (sulfide) groups is 2. The average Bonchev–Trinajstić information content (AvgIpc) is 2.80. The van der Waals surface area contributed by atoms with Gasteiger partial charge < -0.3 is 19.3 Å². The maximum atomic E-state index is 12.1. The normalized spacial score (nSPS) is 12.9. The minimum absolute atomic E-state index is 0.0188. The van der Waals surface area contributed by atoms with E-state index in [1.165, 1.54) is 20.8 Å². The van der Waals surface area contributed by atoms with Gasteiger partial charge in [0.05, 0.1) is 25.5 Å². The first kappa shape index (κ1) is 30.6. The summed E-state index contributed by atoms with van der Waals surface area (Å²) in [5.41, 5.74) is -3.08. The van der Waals surface area contributed by atoms with E-state index in [0.29, 0.717) is 17.9 Å². The third-order valence-corrected chi connectivity index (χ3v) is 5.83. The fourth-order valence-corrected chi connectivity index (χ4v) is 3.70. The van der Waals surface area contributed by atoms with Crippen molar-refractivity contribution in [1.29, 1.82) is 10.5 Å². The molecule has 0 aromatic heterocycles. The van der Waals surface area contributed by atoms with Crippen molar-refractivity contribution in [2.45, 2.75) is 44.7 Å². The van der Waals surface area contributed by atoms with Crippen molar-refractivity contribution in [2.24, 2.45) is 10.2 Å². The van der Waals surface area contributed by atoms with Gasteiger partial charge in [0, 0.05) is 23.0 Å². The Kier molecular flexibility index (Phi) is 15.9. The number of carbonyl (C=O) groups is 3. The third-order valence-electron chi connectivity index (χ3n) is 3.60. The van der Waals surface area contributed by atoms with Crippen LogP contribution in [0.4, 0.5) is 0 Å². The van der Waals surface area contributed by atoms with Crippen LogP contribution in [-0.4, -0.2) is 83.5 Å². The number of hydrogen-bond donors (Lipinski definition) is 1. The first-order chi connectivity index (χ1) is 15.6. The first-order valence-corrected chi connectivity index (χ1v) is 12.4. The summed E-state index contributed by atoms with van der Waals surface area (Å²) in [6.07, 6.45) is 0.491. The molecule has 0 aromatic rings. The van der Waals surface area contributed by atoms with Crippen LogP contribution in [0.25, 0.3) is 0 Å². The zero-order chi connectivity index (χ0) is 25.2. The van der Waals surface area contributed by atoms with Crippen LogP contribution >= 0.6 is 23.5 Å². The molecule has 1 N–H and O–H groups in total. The minimum Gasteiger partial charge on any atom is -0.463 e. The predicted octanol–water partition coefficient (Wildman–Crippen LogP) is 1.89. The third kappa shape index (κ3) is 15.2. The van der Waals surface area contributed by atoms with E-state index in [1.807, 2.05) is 6.07 Å². The second-order valence-electron chi connectivity index (χ2n) is 7.08. The lowest BCUT2D eigenvalue weighted by atomic mass is 10.1. The number of rotatable bonds is 17. The molecule has 0 bridgehead atoms. The summed E-state index contributed by atoms with van der Waals surface area (Å²) >= 11 is 3.18. The Morgan fingerprint density at radius 3 is 1.82 bits per heavy atom. The van der Waals surface area contributed by atoms with Gasteiger partial charge >= 0.3 is 17.9 Å². The highest BCUT2D eigenvalue weighted by Gasteiger charge is 2.36. The quantitative estimate of drug-likeness (QED) is 0.133. The summed E-state index contributed by atoms with van der Waals surface area (Å²) in [5.74, 6) is 1.12. The number of carbonyl (C=O) groups excluding carboxylic acids is 3. The van der Waals surface area contributed by atoms with Crippen molar-refractivity contribution < 1.29 is 33.7 Å². The molecule has 33 heavy (non-hydrogen) atoms. The molecule has 0 rings (SSSR count). The number of aliphatic hydroxyl groups excluding tert-OH is 1. The van der Waals surface area contributed by atoms with Crippen LogP contribution in [0, 0.1) is 22.7 Å². The molecule has 0 aliphatic rings. The molecule has 11 nitrogen and oxygen atoms in total. The molecular formula is C20H30N4O7S2. The lowest BCUT2D eigenvalue weighted by Gasteiger charge is -2.16.